The van der Waals surface area contributed by atoms with Crippen LogP contribution in [0.5, 0.6) is 0 Å². The van der Waals surface area contributed by atoms with Crippen LogP contribution in [0.2, 0.25) is 0 Å². The first-order valence-corrected chi connectivity index (χ1v) is 24.1. The minimum Gasteiger partial charge on any atom is -0.501 e. The van der Waals surface area contributed by atoms with Crippen LogP contribution in [0.4, 0.5) is 0 Å². The number of aryl methyl sites for hydroxylation is 2. The molecule has 1 aliphatic rings. The molecule has 4 nitrogen and oxygen atoms in total. The Labute approximate surface area is 427 Å². The van der Waals surface area contributed by atoms with E-state index in [-0.39, 0.29) is 37.5 Å². The van der Waals surface area contributed by atoms with Crippen LogP contribution in [0.25, 0.3) is 83.6 Å². The van der Waals surface area contributed by atoms with Gasteiger partial charge in [-0.05, 0) is 136 Å². The van der Waals surface area contributed by atoms with Gasteiger partial charge in [-0.25, -0.2) is 0 Å². The fraction of sp³-hybridized carbons (Fsp3) is 0.250. The van der Waals surface area contributed by atoms with Crippen LogP contribution >= 0.6 is 0 Å². The van der Waals surface area contributed by atoms with Gasteiger partial charge in [-0.15, -0.1) is 53.6 Å². The zero-order valence-corrected chi connectivity index (χ0v) is 43.0. The number of para-hydroxylation sites is 1. The van der Waals surface area contributed by atoms with Crippen molar-refractivity contribution in [2.75, 3.05) is 0 Å². The fourth-order valence-electron chi connectivity index (χ4n) is 9.95. The number of rotatable bonds is 8. The van der Waals surface area contributed by atoms with Crippen LogP contribution in [0.1, 0.15) is 118 Å². The molecule has 0 aliphatic heterocycles. The number of hydrogen-bond acceptors (Lipinski definition) is 3. The van der Waals surface area contributed by atoms with Crippen molar-refractivity contribution in [1.82, 2.24) is 14.5 Å². The normalized spacial score (nSPS) is 15.3. The fourth-order valence-corrected chi connectivity index (χ4v) is 9.95. The first kappa shape index (κ1) is 42.7. The number of benzene rings is 7. The van der Waals surface area contributed by atoms with Crippen molar-refractivity contribution >= 4 is 33.0 Å². The van der Waals surface area contributed by atoms with E-state index in [0.717, 1.165) is 92.4 Å². The van der Waals surface area contributed by atoms with Crippen LogP contribution in [0.15, 0.2) is 162 Å². The maximum atomic E-state index is 9.40. The molecule has 7 aromatic carbocycles. The molecule has 1 aliphatic carbocycles. The van der Waals surface area contributed by atoms with Gasteiger partial charge in [0.05, 0.1) is 22.4 Å². The number of hydrogen-bond donors (Lipinski definition) is 0. The molecule has 5 heteroatoms. The zero-order valence-electron chi connectivity index (χ0n) is 44.6. The molecule has 349 valence electrons. The quantitative estimate of drug-likeness (QED) is 0.142. The first-order valence-electron chi connectivity index (χ1n) is 26.1. The Morgan fingerprint density at radius 1 is 0.725 bits per heavy atom. The number of aromatic nitrogens is 3. The smallest absolute Gasteiger partial charge is 0.121 e. The number of imidazole rings is 1. The van der Waals surface area contributed by atoms with Crippen molar-refractivity contribution in [2.24, 2.45) is 5.41 Å². The Morgan fingerprint density at radius 2 is 1.42 bits per heavy atom. The van der Waals surface area contributed by atoms with E-state index in [1.165, 1.54) is 11.1 Å². The van der Waals surface area contributed by atoms with Gasteiger partial charge in [0.1, 0.15) is 5.58 Å². The van der Waals surface area contributed by atoms with Crippen molar-refractivity contribution in [3.63, 3.8) is 0 Å². The van der Waals surface area contributed by atoms with Crippen LogP contribution in [-0.2, 0) is 20.1 Å². The Hall–Kier alpha value is -6.39. The number of pyridine rings is 1. The molecule has 3 heterocycles. The minimum atomic E-state index is -2.39. The van der Waals surface area contributed by atoms with E-state index < -0.39 is 12.7 Å². The van der Waals surface area contributed by atoms with Gasteiger partial charge in [-0.1, -0.05) is 150 Å². The maximum Gasteiger partial charge on any atom is 0.121 e. The summed E-state index contributed by atoms with van der Waals surface area (Å²) in [6.45, 7) is 13.4. The largest absolute Gasteiger partial charge is 0.501 e. The number of nitrogens with zero attached hydrogens (tertiary/aromatic N) is 3. The number of furan rings is 1. The topological polar surface area (TPSA) is 43.9 Å². The SMILES string of the molecule is [2H]C([2H])([2H])c1c[c-]c(-c2nc3cccc(C)c3n2-c2c(C(C)C)cc(-c3ccc(C4([2H])CCC(C)(C)CC4)cc3)cc2C(C)C)c2oc3cc(-c4ccccc4)ccc3c12.[Ir].[c-]1ccccc1-c1ccccn1. The summed E-state index contributed by atoms with van der Waals surface area (Å²) in [6.07, 6.45) is 5.69. The zero-order chi connectivity index (χ0) is 50.5. The third kappa shape index (κ3) is 9.52. The third-order valence-electron chi connectivity index (χ3n) is 13.9. The molecule has 0 amide bonds. The second-order valence-electron chi connectivity index (χ2n) is 19.8. The summed E-state index contributed by atoms with van der Waals surface area (Å²) in [4.78, 5) is 9.58. The van der Waals surface area contributed by atoms with E-state index in [1.54, 1.807) is 12.3 Å². The summed E-state index contributed by atoms with van der Waals surface area (Å²) in [5, 5.41) is 1.31. The molecule has 3 aromatic heterocycles. The average molecular weight is 1080 g/mol. The van der Waals surface area contributed by atoms with Crippen molar-refractivity contribution in [2.45, 2.75) is 98.7 Å². The summed E-state index contributed by atoms with van der Waals surface area (Å²) in [5.41, 5.74) is 16.0. The van der Waals surface area contributed by atoms with E-state index in [0.29, 0.717) is 33.4 Å². The molecule has 0 unspecified atom stereocenters. The molecule has 1 fully saturated rings. The van der Waals surface area contributed by atoms with Crippen LogP contribution in [0, 0.1) is 31.3 Å². The van der Waals surface area contributed by atoms with E-state index in [9.17, 15) is 1.37 Å². The van der Waals surface area contributed by atoms with Gasteiger partial charge in [0.15, 0.2) is 0 Å². The average Bonchev–Trinajstić information content (AvgIpc) is 3.97. The Bertz CT molecular complexity index is 3480. The molecule has 0 saturated heterocycles. The summed E-state index contributed by atoms with van der Waals surface area (Å²) in [6, 6.07) is 57.7. The van der Waals surface area contributed by atoms with E-state index in [1.807, 2.05) is 91.0 Å². The van der Waals surface area contributed by atoms with Crippen molar-refractivity contribution in [3.8, 4) is 50.6 Å². The Kier molecular flexibility index (Phi) is 12.3. The van der Waals surface area contributed by atoms with Gasteiger partial charge in [-0.2, -0.15) is 0 Å². The van der Waals surface area contributed by atoms with Crippen LogP contribution < -0.4 is 0 Å². The Morgan fingerprint density at radius 3 is 2.09 bits per heavy atom. The maximum absolute atomic E-state index is 9.40. The Balaban J connectivity index is 0.000000441. The summed E-state index contributed by atoms with van der Waals surface area (Å²) >= 11 is 0. The molecule has 10 aromatic rings. The van der Waals surface area contributed by atoms with E-state index in [2.05, 4.69) is 125 Å². The molecule has 0 atom stereocenters. The third-order valence-corrected chi connectivity index (χ3v) is 13.9. The van der Waals surface area contributed by atoms with Crippen LogP contribution in [0.3, 0.4) is 0 Å². The van der Waals surface area contributed by atoms with Crippen molar-refractivity contribution in [1.29, 1.82) is 0 Å². The summed E-state index contributed by atoms with van der Waals surface area (Å²) in [5.74, 6) is 0.408. The standard InChI is InChI=1S/C53H53N2O.C11H8N.Ir/c1-32(2)44-29-41(38-20-18-37(19-21-38)39-25-27-53(7,8)28-26-39)30-45(33(3)4)50(44)55-49-35(6)13-12-16-46(49)54-52(55)43-23-17-34(5)48-42-24-22-40(31-47(42)56-51(43)48)36-14-10-9-11-15-36;1-2-6-10(7-3-1)11-8-4-5-9-12-11;/h9-22,24,29-33,39H,25-28H2,1-8H3;1-6,8-9H;/q2*-1;/i5D3,39D;;. The van der Waals surface area contributed by atoms with Gasteiger partial charge in [-0.3, -0.25) is 4.98 Å². The number of fused-ring (bicyclic) bond motifs is 4. The van der Waals surface area contributed by atoms with Gasteiger partial charge in [0, 0.05) is 42.9 Å². The van der Waals surface area contributed by atoms with Gasteiger partial charge in [0.25, 0.3) is 0 Å². The molecular weight excluding hydrogens is 1020 g/mol. The molecule has 69 heavy (non-hydrogen) atoms. The monoisotopic (exact) mass is 1080 g/mol. The molecule has 1 radical (unpaired) electrons. The van der Waals surface area contributed by atoms with Gasteiger partial charge < -0.3 is 14.0 Å². The molecule has 11 rings (SSSR count). The van der Waals surface area contributed by atoms with Crippen molar-refractivity contribution < 1.29 is 30.0 Å². The van der Waals surface area contributed by atoms with Crippen molar-refractivity contribution in [3.05, 3.63) is 198 Å². The summed E-state index contributed by atoms with van der Waals surface area (Å²) in [7, 11) is 0. The minimum absolute atomic E-state index is 0. The van der Waals surface area contributed by atoms with Crippen LogP contribution in [-0.4, -0.2) is 14.5 Å². The van der Waals surface area contributed by atoms with Gasteiger partial charge >= 0.3 is 0 Å². The molecule has 1 saturated carbocycles. The predicted molar refractivity (Wildman–Crippen MR) is 285 cm³/mol. The first-order chi connectivity index (χ1) is 34.5. The second-order valence-corrected chi connectivity index (χ2v) is 19.8. The predicted octanol–water partition coefficient (Wildman–Crippen LogP) is 17.8. The van der Waals surface area contributed by atoms with E-state index >= 15 is 0 Å². The molecular formula is C64H61IrN3O-2. The molecule has 0 spiro atoms. The molecule has 0 bridgehead atoms. The second kappa shape index (κ2) is 19.9. The van der Waals surface area contributed by atoms with Gasteiger partial charge in [0.2, 0.25) is 0 Å². The van der Waals surface area contributed by atoms with E-state index in [4.69, 9.17) is 13.5 Å². The molecule has 0 N–H and O–H groups in total. The summed E-state index contributed by atoms with van der Waals surface area (Å²) < 4.78 is 44.3.